The first-order valence-electron chi connectivity index (χ1n) is 25.3. The summed E-state index contributed by atoms with van der Waals surface area (Å²) in [5.41, 5.74) is 10.3. The number of phosphoric ester groups is 2. The van der Waals surface area contributed by atoms with E-state index in [1.165, 1.54) is 22.3 Å². The predicted molar refractivity (Wildman–Crippen MR) is 294 cm³/mol. The van der Waals surface area contributed by atoms with Gasteiger partial charge in [-0.15, -0.1) is 0 Å². The Labute approximate surface area is 460 Å². The van der Waals surface area contributed by atoms with Gasteiger partial charge in [0.2, 0.25) is 0 Å². The Morgan fingerprint density at radius 2 is 0.465 bits per heavy atom. The molecule has 0 N–H and O–H groups in total. The van der Waals surface area contributed by atoms with E-state index in [1.807, 2.05) is 0 Å². The molecule has 0 radical (unpaired) electrons. The fraction of sp³-hybridized carbons (Fsp3) is 0.600. The summed E-state index contributed by atoms with van der Waals surface area (Å²) in [6.07, 6.45) is 2.65. The Morgan fingerprint density at radius 3 is 0.592 bits per heavy atom. The van der Waals surface area contributed by atoms with Crippen LogP contribution in [0.5, 0.6) is 23.0 Å². The summed E-state index contributed by atoms with van der Waals surface area (Å²) in [6, 6.07) is 16.9. The summed E-state index contributed by atoms with van der Waals surface area (Å²) in [6.45, 7) is 51.2. The molecule has 0 spiro atoms. The third-order valence-corrected chi connectivity index (χ3v) is 15.1. The molecule has 0 bridgehead atoms. The number of phosphoric acid groups is 2. The Hall–Kier alpha value is -2.28. The maximum absolute atomic E-state index is 13.4. The third kappa shape index (κ3) is 15.0. The van der Waals surface area contributed by atoms with Crippen molar-refractivity contribution in [1.82, 2.24) is 0 Å². The molecule has 0 fully saturated rings. The van der Waals surface area contributed by atoms with Gasteiger partial charge in [0.1, 0.15) is 23.0 Å². The summed E-state index contributed by atoms with van der Waals surface area (Å²) in [5.74, 6) is 1.69. The number of rotatable bonds is 0. The van der Waals surface area contributed by atoms with E-state index in [0.717, 1.165) is 44.5 Å². The van der Waals surface area contributed by atoms with E-state index in [2.05, 4.69) is 215 Å². The smallest absolute Gasteiger partial charge is 0.736 e. The fourth-order valence-electron chi connectivity index (χ4n) is 8.91. The van der Waals surface area contributed by atoms with Gasteiger partial charge in [-0.1, -0.05) is 215 Å². The van der Waals surface area contributed by atoms with Crippen molar-refractivity contribution in [2.24, 2.45) is 0 Å². The van der Waals surface area contributed by atoms with Gasteiger partial charge in [0, 0.05) is 22.3 Å². The van der Waals surface area contributed by atoms with E-state index in [1.54, 1.807) is 0 Å². The third-order valence-electron chi connectivity index (χ3n) is 13.5. The van der Waals surface area contributed by atoms with Crippen LogP contribution in [-0.2, 0) is 78.1 Å². The molecule has 0 amide bonds. The maximum atomic E-state index is 13.4. The minimum Gasteiger partial charge on any atom is -0.736 e. The van der Waals surface area contributed by atoms with E-state index < -0.39 is 15.6 Å². The van der Waals surface area contributed by atoms with Crippen LogP contribution in [0.3, 0.4) is 0 Å². The van der Waals surface area contributed by atoms with Crippen molar-refractivity contribution < 1.29 is 37.0 Å². The van der Waals surface area contributed by atoms with Crippen LogP contribution >= 0.6 is 15.6 Å². The molecule has 4 aromatic carbocycles. The van der Waals surface area contributed by atoms with Crippen LogP contribution in [0.4, 0.5) is 0 Å². The average Bonchev–Trinajstić information content (AvgIpc) is 3.22. The largest absolute Gasteiger partial charge is 2.00 e. The van der Waals surface area contributed by atoms with E-state index in [-0.39, 0.29) is 81.1 Å². The van der Waals surface area contributed by atoms with Crippen molar-refractivity contribution in [3.05, 3.63) is 115 Å². The molecule has 8 nitrogen and oxygen atoms in total. The predicted octanol–water partition coefficient (Wildman–Crippen LogP) is 15.4. The molecule has 2 heterocycles. The second-order valence-corrected chi connectivity index (χ2v) is 30.8. The van der Waals surface area contributed by atoms with E-state index >= 15 is 0 Å². The summed E-state index contributed by atoms with van der Waals surface area (Å²) in [7, 11) is -9.41. The first kappa shape index (κ1) is 61.3. The molecule has 71 heavy (non-hydrogen) atoms. The molecule has 0 unspecified atom stereocenters. The van der Waals surface area contributed by atoms with Crippen LogP contribution in [0.15, 0.2) is 48.5 Å². The SMILES string of the molecule is CC(C)(C)c1cc2c(c(C(C)(C)C)c1)OP(=O)([O-])Oc1c(cc(C(C)(C)C)cc1C(C)(C)C)CC2.CC(C)(C)c1cc2c(c(C(C)(C)C)c1)OP(=O)([O-])Oc1c(cc(C(C)(C)C)cc1C(C)(C)C)CC2.[Ca+2]. The Kier molecular flexibility index (Phi) is 17.6. The molecule has 2 aliphatic rings. The molecule has 2 aliphatic heterocycles. The molecular formula is C60H88CaO8P2. The molecule has 4 aromatic rings. The van der Waals surface area contributed by atoms with Crippen molar-refractivity contribution >= 4 is 53.4 Å². The van der Waals surface area contributed by atoms with Crippen LogP contribution in [0, 0.1) is 0 Å². The first-order chi connectivity index (χ1) is 31.2. The zero-order valence-electron chi connectivity index (χ0n) is 48.3. The van der Waals surface area contributed by atoms with Crippen LogP contribution in [-0.4, -0.2) is 37.7 Å². The van der Waals surface area contributed by atoms with Crippen molar-refractivity contribution in [3.8, 4) is 23.0 Å². The van der Waals surface area contributed by atoms with Gasteiger partial charge < -0.3 is 27.9 Å². The summed E-state index contributed by atoms with van der Waals surface area (Å²) in [5, 5.41) is 0. The second-order valence-electron chi connectivity index (χ2n) is 28.3. The number of hydrogen-bond acceptors (Lipinski definition) is 8. The van der Waals surface area contributed by atoms with Gasteiger partial charge in [0.15, 0.2) is 0 Å². The Balaban J connectivity index is 0.000000304. The van der Waals surface area contributed by atoms with Gasteiger partial charge in [0.05, 0.1) is 0 Å². The topological polar surface area (TPSA) is 117 Å². The standard InChI is InChI=1S/2C30H45O4P.Ca/c2*1-27(2,3)21-15-19-13-14-20-16-22(28(4,5)6)18-24(30(10,11)12)26(20)34-35(31,32)33-25(19)23(17-21)29(7,8)9;/h2*15-18H,13-14H2,1-12H3,(H,31,32);/q;;+2/p-2. The summed E-state index contributed by atoms with van der Waals surface area (Å²) in [4.78, 5) is 26.8. The van der Waals surface area contributed by atoms with Gasteiger partial charge in [-0.25, -0.2) is 9.13 Å². The van der Waals surface area contributed by atoms with E-state index in [0.29, 0.717) is 48.7 Å². The minimum absolute atomic E-state index is 0. The number of benzene rings is 4. The first-order valence-corrected chi connectivity index (χ1v) is 28.2. The Morgan fingerprint density at radius 1 is 0.310 bits per heavy atom. The molecule has 388 valence electrons. The van der Waals surface area contributed by atoms with Crippen LogP contribution in [0.2, 0.25) is 0 Å². The molecule has 6 rings (SSSR count). The zero-order valence-corrected chi connectivity index (χ0v) is 52.3. The number of aryl methyl sites for hydroxylation is 4. The molecule has 0 atom stereocenters. The normalized spacial score (nSPS) is 16.5. The van der Waals surface area contributed by atoms with Gasteiger partial charge in [-0.3, -0.25) is 0 Å². The van der Waals surface area contributed by atoms with Gasteiger partial charge in [-0.05, 0) is 114 Å². The maximum Gasteiger partial charge on any atom is 2.00 e. The average molecular weight is 1040 g/mol. The molecule has 0 saturated heterocycles. The molecule has 0 aliphatic carbocycles. The van der Waals surface area contributed by atoms with Crippen molar-refractivity contribution in [3.63, 3.8) is 0 Å². The second kappa shape index (κ2) is 20.3. The summed E-state index contributed by atoms with van der Waals surface area (Å²) >= 11 is 0. The van der Waals surface area contributed by atoms with Crippen LogP contribution < -0.4 is 27.9 Å². The molecule has 0 aromatic heterocycles. The molecule has 11 heteroatoms. The van der Waals surface area contributed by atoms with Gasteiger partial charge in [-0.2, -0.15) is 0 Å². The molecule has 0 saturated carbocycles. The van der Waals surface area contributed by atoms with Gasteiger partial charge >= 0.3 is 53.4 Å². The van der Waals surface area contributed by atoms with Crippen LogP contribution in [0.1, 0.15) is 233 Å². The van der Waals surface area contributed by atoms with Crippen molar-refractivity contribution in [1.29, 1.82) is 0 Å². The number of hydrogen-bond donors (Lipinski definition) is 0. The summed E-state index contributed by atoms with van der Waals surface area (Å²) < 4.78 is 50.1. The van der Waals surface area contributed by atoms with Crippen molar-refractivity contribution in [2.75, 3.05) is 0 Å². The minimum atomic E-state index is -4.70. The monoisotopic (exact) mass is 1040 g/mol. The van der Waals surface area contributed by atoms with E-state index in [9.17, 15) is 18.9 Å². The fourth-order valence-corrected chi connectivity index (χ4v) is 10.7. The van der Waals surface area contributed by atoms with Crippen LogP contribution in [0.25, 0.3) is 0 Å². The van der Waals surface area contributed by atoms with Gasteiger partial charge in [0.25, 0.3) is 0 Å². The molecular weight excluding hydrogens is 951 g/mol. The quantitative estimate of drug-likeness (QED) is 0.126. The van der Waals surface area contributed by atoms with Crippen molar-refractivity contribution in [2.45, 2.75) is 235 Å². The van der Waals surface area contributed by atoms with E-state index in [4.69, 9.17) is 18.1 Å². The zero-order chi connectivity index (χ0) is 53.6. The Bertz CT molecular complexity index is 2350. The number of fused-ring (bicyclic) bond motifs is 4.